The number of halogens is 1. The van der Waals surface area contributed by atoms with Crippen LogP contribution in [-0.4, -0.2) is 34.5 Å². The Balaban J connectivity index is 1.65. The minimum absolute atomic E-state index is 0.302. The molecule has 1 saturated heterocycles. The SMILES string of the molecule is Clc1ncc(CN2CCNC(c3ccccc3)C2)cn1. The molecule has 3 rings (SSSR count). The van der Waals surface area contributed by atoms with Crippen molar-refractivity contribution in [2.45, 2.75) is 12.6 Å². The first-order valence-corrected chi connectivity index (χ1v) is 7.16. The summed E-state index contributed by atoms with van der Waals surface area (Å²) in [6, 6.07) is 11.0. The van der Waals surface area contributed by atoms with Gasteiger partial charge in [-0.15, -0.1) is 0 Å². The van der Waals surface area contributed by atoms with Gasteiger partial charge in [-0.1, -0.05) is 30.3 Å². The molecule has 2 aromatic rings. The zero-order chi connectivity index (χ0) is 13.8. The second-order valence-corrected chi connectivity index (χ2v) is 5.35. The fourth-order valence-corrected chi connectivity index (χ4v) is 2.64. The fraction of sp³-hybridized carbons (Fsp3) is 0.333. The largest absolute Gasteiger partial charge is 0.308 e. The first-order valence-electron chi connectivity index (χ1n) is 6.78. The van der Waals surface area contributed by atoms with Crippen LogP contribution in [0.25, 0.3) is 0 Å². The predicted molar refractivity (Wildman–Crippen MR) is 79.5 cm³/mol. The molecule has 104 valence electrons. The van der Waals surface area contributed by atoms with Gasteiger partial charge >= 0.3 is 0 Å². The normalized spacial score (nSPS) is 19.9. The molecule has 1 N–H and O–H groups in total. The molecule has 5 heteroatoms. The van der Waals surface area contributed by atoms with Gasteiger partial charge in [-0.25, -0.2) is 9.97 Å². The number of hydrogen-bond acceptors (Lipinski definition) is 4. The molecule has 1 aliphatic heterocycles. The lowest BCUT2D eigenvalue weighted by Gasteiger charge is -2.33. The quantitative estimate of drug-likeness (QED) is 0.880. The zero-order valence-electron chi connectivity index (χ0n) is 11.2. The number of benzene rings is 1. The van der Waals surface area contributed by atoms with Crippen LogP contribution in [0.4, 0.5) is 0 Å². The molecule has 1 aromatic carbocycles. The van der Waals surface area contributed by atoms with E-state index in [9.17, 15) is 0 Å². The summed E-state index contributed by atoms with van der Waals surface area (Å²) in [6.45, 7) is 3.88. The van der Waals surface area contributed by atoms with E-state index in [1.165, 1.54) is 5.56 Å². The number of hydrogen-bond donors (Lipinski definition) is 1. The maximum Gasteiger partial charge on any atom is 0.222 e. The van der Waals surface area contributed by atoms with Crippen molar-refractivity contribution >= 4 is 11.6 Å². The first-order chi connectivity index (χ1) is 9.81. The van der Waals surface area contributed by atoms with Gasteiger partial charge in [-0.3, -0.25) is 4.90 Å². The molecule has 20 heavy (non-hydrogen) atoms. The van der Waals surface area contributed by atoms with Gasteiger partial charge in [-0.05, 0) is 17.2 Å². The Hall–Kier alpha value is -1.49. The Morgan fingerprint density at radius 3 is 2.70 bits per heavy atom. The van der Waals surface area contributed by atoms with Crippen LogP contribution in [0.5, 0.6) is 0 Å². The summed E-state index contributed by atoms with van der Waals surface area (Å²) in [7, 11) is 0. The van der Waals surface area contributed by atoms with Crippen molar-refractivity contribution in [2.24, 2.45) is 0 Å². The fourth-order valence-electron chi connectivity index (χ4n) is 2.54. The zero-order valence-corrected chi connectivity index (χ0v) is 11.9. The summed E-state index contributed by atoms with van der Waals surface area (Å²) in [6.07, 6.45) is 3.60. The smallest absolute Gasteiger partial charge is 0.222 e. The molecular formula is C15H17ClN4. The van der Waals surface area contributed by atoms with Gasteiger partial charge in [0.05, 0.1) is 0 Å². The van der Waals surface area contributed by atoms with Gasteiger partial charge in [0.2, 0.25) is 5.28 Å². The molecule has 1 aromatic heterocycles. The number of nitrogens with zero attached hydrogens (tertiary/aromatic N) is 3. The van der Waals surface area contributed by atoms with Gasteiger partial charge in [0.1, 0.15) is 0 Å². The van der Waals surface area contributed by atoms with Crippen LogP contribution < -0.4 is 5.32 Å². The van der Waals surface area contributed by atoms with Gasteiger partial charge in [0.15, 0.2) is 0 Å². The predicted octanol–water partition coefficient (Wildman–Crippen LogP) is 2.28. The summed E-state index contributed by atoms with van der Waals surface area (Å²) in [5.74, 6) is 0. The molecule has 0 aliphatic carbocycles. The van der Waals surface area contributed by atoms with E-state index in [4.69, 9.17) is 11.6 Å². The lowest BCUT2D eigenvalue weighted by Crippen LogP contribution is -2.45. The molecule has 0 saturated carbocycles. The minimum atomic E-state index is 0.302. The third-order valence-electron chi connectivity index (χ3n) is 3.54. The molecule has 0 bridgehead atoms. The molecule has 0 amide bonds. The van der Waals surface area contributed by atoms with E-state index >= 15 is 0 Å². The highest BCUT2D eigenvalue weighted by Gasteiger charge is 2.20. The first kappa shape index (κ1) is 13.5. The third kappa shape index (κ3) is 3.33. The van der Waals surface area contributed by atoms with Crippen molar-refractivity contribution in [2.75, 3.05) is 19.6 Å². The Labute approximate surface area is 123 Å². The van der Waals surface area contributed by atoms with Crippen molar-refractivity contribution in [1.29, 1.82) is 0 Å². The molecule has 1 fully saturated rings. The summed E-state index contributed by atoms with van der Waals surface area (Å²) in [4.78, 5) is 10.5. The van der Waals surface area contributed by atoms with E-state index in [1.807, 2.05) is 0 Å². The van der Waals surface area contributed by atoms with Crippen LogP contribution >= 0.6 is 11.6 Å². The van der Waals surface area contributed by atoms with Crippen molar-refractivity contribution < 1.29 is 0 Å². The molecule has 1 aliphatic rings. The van der Waals surface area contributed by atoms with E-state index in [1.54, 1.807) is 12.4 Å². The van der Waals surface area contributed by atoms with Crippen LogP contribution in [0.15, 0.2) is 42.7 Å². The Bertz CT molecular complexity index is 544. The van der Waals surface area contributed by atoms with Gasteiger partial charge < -0.3 is 5.32 Å². The lowest BCUT2D eigenvalue weighted by atomic mass is 10.0. The van der Waals surface area contributed by atoms with Crippen LogP contribution in [0.3, 0.4) is 0 Å². The number of aromatic nitrogens is 2. The summed E-state index contributed by atoms with van der Waals surface area (Å²) >= 11 is 5.71. The Morgan fingerprint density at radius 2 is 1.95 bits per heavy atom. The maximum atomic E-state index is 5.71. The number of piperazine rings is 1. The number of rotatable bonds is 3. The second kappa shape index (κ2) is 6.31. The Morgan fingerprint density at radius 1 is 1.20 bits per heavy atom. The summed E-state index contributed by atoms with van der Waals surface area (Å²) < 4.78 is 0. The van der Waals surface area contributed by atoms with E-state index in [0.717, 1.165) is 31.7 Å². The van der Waals surface area contributed by atoms with Crippen molar-refractivity contribution in [1.82, 2.24) is 20.2 Å². The highest BCUT2D eigenvalue weighted by atomic mass is 35.5. The summed E-state index contributed by atoms with van der Waals surface area (Å²) in [5.41, 5.74) is 2.44. The standard InChI is InChI=1S/C15H17ClN4/c16-15-18-8-12(9-19-15)10-20-7-6-17-14(11-20)13-4-2-1-3-5-13/h1-5,8-9,14,17H,6-7,10-11H2. The maximum absolute atomic E-state index is 5.71. The molecule has 0 spiro atoms. The Kier molecular flexibility index (Phi) is 4.25. The van der Waals surface area contributed by atoms with Crippen LogP contribution in [0.2, 0.25) is 5.28 Å². The minimum Gasteiger partial charge on any atom is -0.308 e. The lowest BCUT2D eigenvalue weighted by molar-refractivity contribution is 0.193. The highest BCUT2D eigenvalue weighted by Crippen LogP contribution is 2.18. The second-order valence-electron chi connectivity index (χ2n) is 5.01. The van der Waals surface area contributed by atoms with Crippen molar-refractivity contribution in [3.8, 4) is 0 Å². The number of nitrogens with one attached hydrogen (secondary N) is 1. The molecule has 4 nitrogen and oxygen atoms in total. The molecule has 1 unspecified atom stereocenters. The van der Waals surface area contributed by atoms with Crippen molar-refractivity contribution in [3.05, 3.63) is 59.1 Å². The third-order valence-corrected chi connectivity index (χ3v) is 3.74. The highest BCUT2D eigenvalue weighted by molar-refractivity contribution is 6.28. The van der Waals surface area contributed by atoms with Crippen LogP contribution in [0.1, 0.15) is 17.2 Å². The topological polar surface area (TPSA) is 41.1 Å². The van der Waals surface area contributed by atoms with Gasteiger partial charge in [-0.2, -0.15) is 0 Å². The van der Waals surface area contributed by atoms with E-state index in [0.29, 0.717) is 11.3 Å². The van der Waals surface area contributed by atoms with Crippen LogP contribution in [0, 0.1) is 0 Å². The molecule has 0 radical (unpaired) electrons. The van der Waals surface area contributed by atoms with Gasteiger partial charge in [0.25, 0.3) is 0 Å². The average molecular weight is 289 g/mol. The van der Waals surface area contributed by atoms with Crippen molar-refractivity contribution in [3.63, 3.8) is 0 Å². The molecular weight excluding hydrogens is 272 g/mol. The van der Waals surface area contributed by atoms with E-state index in [-0.39, 0.29) is 0 Å². The van der Waals surface area contributed by atoms with Gasteiger partial charge in [0, 0.05) is 50.2 Å². The van der Waals surface area contributed by atoms with Crippen LogP contribution in [-0.2, 0) is 6.54 Å². The van der Waals surface area contributed by atoms with E-state index < -0.39 is 0 Å². The molecule has 2 heterocycles. The average Bonchev–Trinajstić information content (AvgIpc) is 2.51. The molecule has 1 atom stereocenters. The monoisotopic (exact) mass is 288 g/mol. The van der Waals surface area contributed by atoms with E-state index in [2.05, 4.69) is 50.5 Å². The summed E-state index contributed by atoms with van der Waals surface area (Å²) in [5, 5.41) is 3.87.